The van der Waals surface area contributed by atoms with E-state index in [1.165, 1.54) is 35.5 Å². The summed E-state index contributed by atoms with van der Waals surface area (Å²) in [7, 11) is 0. The van der Waals surface area contributed by atoms with Gasteiger partial charge in [-0.25, -0.2) is 0 Å². The molecule has 2 aliphatic rings. The van der Waals surface area contributed by atoms with Crippen LogP contribution in [0.5, 0.6) is 0 Å². The van der Waals surface area contributed by atoms with E-state index in [2.05, 4.69) is 17.4 Å². The topological polar surface area (TPSA) is 21.3 Å². The lowest BCUT2D eigenvalue weighted by molar-refractivity contribution is 0.0537. The van der Waals surface area contributed by atoms with Crippen LogP contribution in [0.4, 0.5) is 0 Å². The minimum atomic E-state index is 0.455. The maximum atomic E-state index is 6.13. The molecule has 0 radical (unpaired) electrons. The van der Waals surface area contributed by atoms with Gasteiger partial charge in [-0.1, -0.05) is 11.6 Å². The molecule has 1 aromatic rings. The fourth-order valence-corrected chi connectivity index (χ4v) is 4.14. The second-order valence-corrected chi connectivity index (χ2v) is 6.94. The van der Waals surface area contributed by atoms with Crippen molar-refractivity contribution in [2.24, 2.45) is 5.92 Å². The highest BCUT2D eigenvalue weighted by molar-refractivity contribution is 7.99. The molecule has 19 heavy (non-hydrogen) atoms. The summed E-state index contributed by atoms with van der Waals surface area (Å²) in [6.07, 6.45) is 3.68. The third-order valence-electron chi connectivity index (χ3n) is 3.92. The Kier molecular flexibility index (Phi) is 4.69. The van der Waals surface area contributed by atoms with Crippen LogP contribution in [0.2, 0.25) is 5.02 Å². The smallest absolute Gasteiger partial charge is 0.0506 e. The lowest BCUT2D eigenvalue weighted by Gasteiger charge is -2.29. The Labute approximate surface area is 124 Å². The number of hydrogen-bond acceptors (Lipinski definition) is 3. The van der Waals surface area contributed by atoms with Gasteiger partial charge in [-0.05, 0) is 54.7 Å². The first-order valence-corrected chi connectivity index (χ1v) is 8.42. The average molecular weight is 298 g/mol. The molecule has 0 saturated carbocycles. The summed E-state index contributed by atoms with van der Waals surface area (Å²) in [4.78, 5) is 1.38. The Morgan fingerprint density at radius 3 is 3.16 bits per heavy atom. The number of benzene rings is 1. The van der Waals surface area contributed by atoms with Crippen molar-refractivity contribution in [1.29, 1.82) is 0 Å². The van der Waals surface area contributed by atoms with Crippen LogP contribution in [0.1, 0.15) is 30.9 Å². The minimum absolute atomic E-state index is 0.455. The van der Waals surface area contributed by atoms with Gasteiger partial charge >= 0.3 is 0 Å². The Morgan fingerprint density at radius 1 is 1.37 bits per heavy atom. The number of fused-ring (bicyclic) bond motifs is 1. The summed E-state index contributed by atoms with van der Waals surface area (Å²) >= 11 is 8.07. The fourth-order valence-electron chi connectivity index (χ4n) is 2.85. The Bertz CT molecular complexity index is 434. The van der Waals surface area contributed by atoms with E-state index in [9.17, 15) is 0 Å². The first-order valence-electron chi connectivity index (χ1n) is 7.06. The zero-order chi connectivity index (χ0) is 13.1. The Morgan fingerprint density at radius 2 is 2.32 bits per heavy atom. The van der Waals surface area contributed by atoms with Gasteiger partial charge in [-0.15, -0.1) is 11.8 Å². The molecule has 0 amide bonds. The highest BCUT2D eigenvalue weighted by atomic mass is 35.5. The standard InChI is InChI=1S/C15H20ClNOS/c16-12-3-4-15-13(8-12)14(5-7-19-15)17-9-11-2-1-6-18-10-11/h3-4,8,11,14,17H,1-2,5-7,9-10H2. The van der Waals surface area contributed by atoms with Crippen LogP contribution in [0.3, 0.4) is 0 Å². The number of nitrogens with one attached hydrogen (secondary N) is 1. The maximum Gasteiger partial charge on any atom is 0.0506 e. The van der Waals surface area contributed by atoms with E-state index in [1.54, 1.807) is 0 Å². The zero-order valence-corrected chi connectivity index (χ0v) is 12.6. The van der Waals surface area contributed by atoms with Gasteiger partial charge in [0, 0.05) is 29.1 Å². The first kappa shape index (κ1) is 13.7. The van der Waals surface area contributed by atoms with Crippen molar-refractivity contribution in [3.05, 3.63) is 28.8 Å². The third-order valence-corrected chi connectivity index (χ3v) is 5.28. The van der Waals surface area contributed by atoms with Crippen LogP contribution >= 0.6 is 23.4 Å². The van der Waals surface area contributed by atoms with E-state index in [1.807, 2.05) is 17.8 Å². The number of ether oxygens (including phenoxy) is 1. The molecule has 0 aromatic heterocycles. The van der Waals surface area contributed by atoms with Gasteiger partial charge in [-0.3, -0.25) is 0 Å². The zero-order valence-electron chi connectivity index (χ0n) is 11.0. The molecular formula is C15H20ClNOS. The van der Waals surface area contributed by atoms with Gasteiger partial charge in [0.1, 0.15) is 0 Å². The molecule has 2 nitrogen and oxygen atoms in total. The molecule has 1 saturated heterocycles. The van der Waals surface area contributed by atoms with Crippen LogP contribution in [-0.4, -0.2) is 25.5 Å². The number of rotatable bonds is 3. The molecule has 1 fully saturated rings. The molecule has 3 rings (SSSR count). The molecule has 2 atom stereocenters. The molecule has 0 bridgehead atoms. The normalized spacial score (nSPS) is 27.0. The molecule has 2 aliphatic heterocycles. The third kappa shape index (κ3) is 3.46. The molecule has 2 unspecified atom stereocenters. The summed E-state index contributed by atoms with van der Waals surface area (Å²) in [6.45, 7) is 2.91. The van der Waals surface area contributed by atoms with Crippen LogP contribution in [0.15, 0.2) is 23.1 Å². The van der Waals surface area contributed by atoms with Crippen molar-refractivity contribution in [3.63, 3.8) is 0 Å². The van der Waals surface area contributed by atoms with E-state index >= 15 is 0 Å². The van der Waals surface area contributed by atoms with Crippen molar-refractivity contribution in [3.8, 4) is 0 Å². The largest absolute Gasteiger partial charge is 0.381 e. The van der Waals surface area contributed by atoms with Crippen LogP contribution < -0.4 is 5.32 Å². The van der Waals surface area contributed by atoms with E-state index in [-0.39, 0.29) is 0 Å². The van der Waals surface area contributed by atoms with E-state index < -0.39 is 0 Å². The predicted octanol–water partition coefficient (Wildman–Crippen LogP) is 3.89. The number of thioether (sulfide) groups is 1. The van der Waals surface area contributed by atoms with Gasteiger partial charge < -0.3 is 10.1 Å². The average Bonchev–Trinajstić information content (AvgIpc) is 2.46. The van der Waals surface area contributed by atoms with Crippen molar-refractivity contribution in [2.45, 2.75) is 30.2 Å². The monoisotopic (exact) mass is 297 g/mol. The van der Waals surface area contributed by atoms with Crippen LogP contribution in [-0.2, 0) is 4.74 Å². The molecule has 1 aromatic carbocycles. The fraction of sp³-hybridized carbons (Fsp3) is 0.600. The van der Waals surface area contributed by atoms with Crippen molar-refractivity contribution in [1.82, 2.24) is 5.32 Å². The van der Waals surface area contributed by atoms with Crippen molar-refractivity contribution in [2.75, 3.05) is 25.5 Å². The SMILES string of the molecule is Clc1ccc2c(c1)C(NCC1CCCOC1)CCS2. The quantitative estimate of drug-likeness (QED) is 0.914. The molecule has 2 heterocycles. The second kappa shape index (κ2) is 6.49. The number of hydrogen-bond donors (Lipinski definition) is 1. The molecule has 104 valence electrons. The summed E-state index contributed by atoms with van der Waals surface area (Å²) in [5.41, 5.74) is 1.38. The van der Waals surface area contributed by atoms with Gasteiger partial charge in [0.15, 0.2) is 0 Å². The van der Waals surface area contributed by atoms with Gasteiger partial charge in [0.05, 0.1) is 6.61 Å². The summed E-state index contributed by atoms with van der Waals surface area (Å²) in [6, 6.07) is 6.72. The Balaban J connectivity index is 1.64. The summed E-state index contributed by atoms with van der Waals surface area (Å²) in [5, 5.41) is 4.56. The van der Waals surface area contributed by atoms with Crippen molar-refractivity contribution >= 4 is 23.4 Å². The lowest BCUT2D eigenvalue weighted by atomic mass is 9.99. The van der Waals surface area contributed by atoms with Gasteiger partial charge in [0.25, 0.3) is 0 Å². The van der Waals surface area contributed by atoms with E-state index in [0.29, 0.717) is 12.0 Å². The molecule has 1 N–H and O–H groups in total. The van der Waals surface area contributed by atoms with Crippen LogP contribution in [0.25, 0.3) is 0 Å². The maximum absolute atomic E-state index is 6.13. The van der Waals surface area contributed by atoms with Gasteiger partial charge in [0.2, 0.25) is 0 Å². The van der Waals surface area contributed by atoms with Crippen molar-refractivity contribution < 1.29 is 4.74 Å². The highest BCUT2D eigenvalue weighted by Crippen LogP contribution is 2.37. The van der Waals surface area contributed by atoms with E-state index in [0.717, 1.165) is 24.8 Å². The predicted molar refractivity (Wildman–Crippen MR) is 81.1 cm³/mol. The highest BCUT2D eigenvalue weighted by Gasteiger charge is 2.22. The minimum Gasteiger partial charge on any atom is -0.381 e. The molecular weight excluding hydrogens is 278 g/mol. The molecule has 4 heteroatoms. The lowest BCUT2D eigenvalue weighted by Crippen LogP contribution is -2.33. The van der Waals surface area contributed by atoms with E-state index in [4.69, 9.17) is 16.3 Å². The number of halogens is 1. The van der Waals surface area contributed by atoms with Crippen LogP contribution in [0, 0.1) is 5.92 Å². The summed E-state index contributed by atoms with van der Waals surface area (Å²) < 4.78 is 5.55. The first-order chi connectivity index (χ1) is 9.33. The molecule has 0 aliphatic carbocycles. The molecule has 0 spiro atoms. The van der Waals surface area contributed by atoms with Gasteiger partial charge in [-0.2, -0.15) is 0 Å². The Hall–Kier alpha value is -0.220. The summed E-state index contributed by atoms with van der Waals surface area (Å²) in [5.74, 6) is 1.86. The second-order valence-electron chi connectivity index (χ2n) is 5.36.